The van der Waals surface area contributed by atoms with E-state index in [1.165, 1.54) is 14.0 Å². The van der Waals surface area contributed by atoms with Gasteiger partial charge in [0.1, 0.15) is 0 Å². The number of esters is 1. The largest absolute Gasteiger partial charge is 0.469 e. The van der Waals surface area contributed by atoms with E-state index in [-0.39, 0.29) is 17.8 Å². The number of carbonyl (C=O) groups excluding carboxylic acids is 2. The van der Waals surface area contributed by atoms with Crippen LogP contribution in [0, 0.1) is 6.92 Å². The number of carbonyl (C=O) groups is 2. The zero-order valence-electron chi connectivity index (χ0n) is 11.2. The molecule has 0 unspecified atom stereocenters. The first-order chi connectivity index (χ1) is 8.43. The van der Waals surface area contributed by atoms with Gasteiger partial charge in [-0.25, -0.2) is 0 Å². The summed E-state index contributed by atoms with van der Waals surface area (Å²) in [6.45, 7) is 5.37. The van der Waals surface area contributed by atoms with E-state index in [1.54, 1.807) is 0 Å². The number of ether oxygens (including phenoxy) is 1. The van der Waals surface area contributed by atoms with Crippen LogP contribution in [-0.4, -0.2) is 19.0 Å². The monoisotopic (exact) mass is 249 g/mol. The normalized spacial score (nSPS) is 11.8. The molecule has 0 aromatic heterocycles. The van der Waals surface area contributed by atoms with E-state index in [4.69, 9.17) is 0 Å². The van der Waals surface area contributed by atoms with Crippen LogP contribution in [0.15, 0.2) is 18.2 Å². The second kappa shape index (κ2) is 6.19. The highest BCUT2D eigenvalue weighted by atomic mass is 16.5. The molecule has 98 valence electrons. The number of nitrogens with one attached hydrogen (secondary N) is 1. The summed E-state index contributed by atoms with van der Waals surface area (Å²) in [4.78, 5) is 22.5. The second-order valence-electron chi connectivity index (χ2n) is 4.45. The Morgan fingerprint density at radius 3 is 2.61 bits per heavy atom. The van der Waals surface area contributed by atoms with Gasteiger partial charge in [-0.05, 0) is 30.0 Å². The summed E-state index contributed by atoms with van der Waals surface area (Å²) in [5.74, 6) is -0.371. The van der Waals surface area contributed by atoms with Crippen molar-refractivity contribution in [1.29, 1.82) is 0 Å². The number of aryl methyl sites for hydroxylation is 1. The minimum Gasteiger partial charge on any atom is -0.469 e. The van der Waals surface area contributed by atoms with Gasteiger partial charge in [-0.3, -0.25) is 9.59 Å². The highest BCUT2D eigenvalue weighted by Crippen LogP contribution is 2.28. The van der Waals surface area contributed by atoms with E-state index < -0.39 is 0 Å². The average molecular weight is 249 g/mol. The SMILES string of the molecule is COC(=O)C[C@H](C)c1ccc(C)cc1NC(C)=O. The molecular weight excluding hydrogens is 230 g/mol. The molecule has 4 heteroatoms. The van der Waals surface area contributed by atoms with Gasteiger partial charge in [0.25, 0.3) is 0 Å². The van der Waals surface area contributed by atoms with Gasteiger partial charge in [0.05, 0.1) is 13.5 Å². The fourth-order valence-corrected chi connectivity index (χ4v) is 1.84. The van der Waals surface area contributed by atoms with Crippen LogP contribution in [0.25, 0.3) is 0 Å². The van der Waals surface area contributed by atoms with E-state index in [1.807, 2.05) is 32.0 Å². The highest BCUT2D eigenvalue weighted by molar-refractivity contribution is 5.90. The molecule has 1 amide bonds. The number of hydrogen-bond acceptors (Lipinski definition) is 3. The van der Waals surface area contributed by atoms with Crippen molar-refractivity contribution in [2.45, 2.75) is 33.1 Å². The van der Waals surface area contributed by atoms with Gasteiger partial charge in [-0.2, -0.15) is 0 Å². The Bertz CT molecular complexity index is 454. The number of benzene rings is 1. The number of hydrogen-bond donors (Lipinski definition) is 1. The molecule has 0 saturated heterocycles. The Balaban J connectivity index is 2.99. The predicted molar refractivity (Wildman–Crippen MR) is 70.5 cm³/mol. The van der Waals surface area contributed by atoms with Crippen LogP contribution in [0.4, 0.5) is 5.69 Å². The van der Waals surface area contributed by atoms with Crippen LogP contribution in [0.2, 0.25) is 0 Å². The van der Waals surface area contributed by atoms with Crippen molar-refractivity contribution in [2.24, 2.45) is 0 Å². The summed E-state index contributed by atoms with van der Waals surface area (Å²) < 4.78 is 4.66. The topological polar surface area (TPSA) is 55.4 Å². The molecule has 1 N–H and O–H groups in total. The maximum atomic E-state index is 11.3. The van der Waals surface area contributed by atoms with Crippen LogP contribution in [0.5, 0.6) is 0 Å². The summed E-state index contributed by atoms with van der Waals surface area (Å²) in [6, 6.07) is 5.81. The van der Waals surface area contributed by atoms with Gasteiger partial charge in [0.15, 0.2) is 0 Å². The van der Waals surface area contributed by atoms with Gasteiger partial charge in [-0.15, -0.1) is 0 Å². The third kappa shape index (κ3) is 3.87. The molecule has 1 aromatic carbocycles. The van der Waals surface area contributed by atoms with Gasteiger partial charge in [0.2, 0.25) is 5.91 Å². The Morgan fingerprint density at radius 2 is 2.06 bits per heavy atom. The minimum atomic E-state index is -0.253. The number of amides is 1. The number of anilines is 1. The van der Waals surface area contributed by atoms with Crippen molar-refractivity contribution in [3.63, 3.8) is 0 Å². The molecule has 0 bridgehead atoms. The number of methoxy groups -OCH3 is 1. The van der Waals surface area contributed by atoms with Crippen LogP contribution in [0.1, 0.15) is 37.3 Å². The van der Waals surface area contributed by atoms with Crippen LogP contribution in [-0.2, 0) is 14.3 Å². The van der Waals surface area contributed by atoms with Gasteiger partial charge in [0, 0.05) is 12.6 Å². The molecule has 0 saturated carbocycles. The van der Waals surface area contributed by atoms with Crippen molar-refractivity contribution in [3.05, 3.63) is 29.3 Å². The molecule has 0 fully saturated rings. The quantitative estimate of drug-likeness (QED) is 0.834. The maximum Gasteiger partial charge on any atom is 0.306 e. The first kappa shape index (κ1) is 14.2. The molecule has 0 aliphatic heterocycles. The summed E-state index contributed by atoms with van der Waals surface area (Å²) in [5, 5.41) is 2.80. The van der Waals surface area contributed by atoms with E-state index in [0.717, 1.165) is 16.8 Å². The van der Waals surface area contributed by atoms with Gasteiger partial charge in [-0.1, -0.05) is 19.1 Å². The average Bonchev–Trinajstić information content (AvgIpc) is 2.27. The third-order valence-corrected chi connectivity index (χ3v) is 2.75. The molecular formula is C14H19NO3. The Morgan fingerprint density at radius 1 is 1.39 bits per heavy atom. The second-order valence-corrected chi connectivity index (χ2v) is 4.45. The molecule has 1 aromatic rings. The molecule has 0 spiro atoms. The van der Waals surface area contributed by atoms with Crippen molar-refractivity contribution in [3.8, 4) is 0 Å². The summed E-state index contributed by atoms with van der Waals surface area (Å²) >= 11 is 0. The lowest BCUT2D eigenvalue weighted by atomic mass is 9.95. The Hall–Kier alpha value is -1.84. The van der Waals surface area contributed by atoms with Crippen molar-refractivity contribution in [2.75, 3.05) is 12.4 Å². The van der Waals surface area contributed by atoms with Crippen molar-refractivity contribution < 1.29 is 14.3 Å². The van der Waals surface area contributed by atoms with Gasteiger partial charge < -0.3 is 10.1 Å². The maximum absolute atomic E-state index is 11.3. The Labute approximate surface area is 107 Å². The zero-order chi connectivity index (χ0) is 13.7. The summed E-state index contributed by atoms with van der Waals surface area (Å²) in [7, 11) is 1.37. The minimum absolute atomic E-state index is 0.0000926. The van der Waals surface area contributed by atoms with Crippen LogP contribution < -0.4 is 5.32 Å². The lowest BCUT2D eigenvalue weighted by Gasteiger charge is -2.16. The number of rotatable bonds is 4. The standard InChI is InChI=1S/C14H19NO3/c1-9-5-6-12(10(2)8-14(17)18-4)13(7-9)15-11(3)16/h5-7,10H,8H2,1-4H3,(H,15,16)/t10-/m0/s1. The fourth-order valence-electron chi connectivity index (χ4n) is 1.84. The first-order valence-corrected chi connectivity index (χ1v) is 5.89. The molecule has 18 heavy (non-hydrogen) atoms. The zero-order valence-corrected chi connectivity index (χ0v) is 11.2. The molecule has 1 rings (SSSR count). The smallest absolute Gasteiger partial charge is 0.306 e. The first-order valence-electron chi connectivity index (χ1n) is 5.89. The predicted octanol–water partition coefficient (Wildman–Crippen LogP) is 2.62. The molecule has 0 aliphatic carbocycles. The van der Waals surface area contributed by atoms with Crippen LogP contribution in [0.3, 0.4) is 0 Å². The van der Waals surface area contributed by atoms with Crippen molar-refractivity contribution >= 4 is 17.6 Å². The van der Waals surface area contributed by atoms with E-state index in [0.29, 0.717) is 6.42 Å². The molecule has 4 nitrogen and oxygen atoms in total. The van der Waals surface area contributed by atoms with E-state index >= 15 is 0 Å². The lowest BCUT2D eigenvalue weighted by molar-refractivity contribution is -0.141. The summed E-state index contributed by atoms with van der Waals surface area (Å²) in [6.07, 6.45) is 0.298. The fraction of sp³-hybridized carbons (Fsp3) is 0.429. The molecule has 0 aliphatic rings. The lowest BCUT2D eigenvalue weighted by Crippen LogP contribution is -2.12. The molecule has 1 atom stereocenters. The van der Waals surface area contributed by atoms with E-state index in [2.05, 4.69) is 10.1 Å². The van der Waals surface area contributed by atoms with Gasteiger partial charge >= 0.3 is 5.97 Å². The Kier molecular flexibility index (Phi) is 4.89. The van der Waals surface area contributed by atoms with Crippen LogP contribution >= 0.6 is 0 Å². The highest BCUT2D eigenvalue weighted by Gasteiger charge is 2.15. The van der Waals surface area contributed by atoms with Crippen molar-refractivity contribution in [1.82, 2.24) is 0 Å². The third-order valence-electron chi connectivity index (χ3n) is 2.75. The molecule has 0 heterocycles. The summed E-state index contributed by atoms with van der Waals surface area (Å²) in [5.41, 5.74) is 2.77. The molecule has 0 radical (unpaired) electrons. The van der Waals surface area contributed by atoms with E-state index in [9.17, 15) is 9.59 Å².